The van der Waals surface area contributed by atoms with E-state index in [0.717, 1.165) is 0 Å². The van der Waals surface area contributed by atoms with Crippen LogP contribution in [0.15, 0.2) is 28.0 Å². The van der Waals surface area contributed by atoms with Gasteiger partial charge in [-0.3, -0.25) is 9.36 Å². The Bertz CT molecular complexity index is 949. The van der Waals surface area contributed by atoms with E-state index in [9.17, 15) is 14.8 Å². The van der Waals surface area contributed by atoms with E-state index in [1.165, 1.54) is 17.2 Å². The Kier molecular flexibility index (Phi) is 4.40. The minimum absolute atomic E-state index is 0.102. The van der Waals surface area contributed by atoms with Crippen LogP contribution < -0.4 is 11.6 Å². The molecule has 1 aliphatic heterocycles. The van der Waals surface area contributed by atoms with Crippen molar-refractivity contribution in [2.75, 3.05) is 5.73 Å². The van der Waals surface area contributed by atoms with Crippen molar-refractivity contribution in [2.24, 2.45) is 21.2 Å². The van der Waals surface area contributed by atoms with E-state index in [0.29, 0.717) is 0 Å². The van der Waals surface area contributed by atoms with Crippen molar-refractivity contribution in [1.29, 1.82) is 0 Å². The average molecular weight is 361 g/mol. The van der Waals surface area contributed by atoms with E-state index in [1.807, 2.05) is 0 Å². The molecule has 0 aliphatic carbocycles. The molecule has 0 aromatic carbocycles. The first-order chi connectivity index (χ1) is 12.5. The number of hydrazone groups is 1. The molecule has 4 atom stereocenters. The third-order valence-corrected chi connectivity index (χ3v) is 3.78. The Morgan fingerprint density at radius 3 is 2.85 bits per heavy atom. The third kappa shape index (κ3) is 2.57. The van der Waals surface area contributed by atoms with E-state index in [-0.39, 0.29) is 17.0 Å². The molecule has 1 unspecified atom stereocenters. The number of rotatable bonds is 4. The van der Waals surface area contributed by atoms with Crippen LogP contribution in [-0.4, -0.2) is 54.5 Å². The largest absolute Gasteiger partial charge is 0.386 e. The number of anilines is 1. The molecule has 5 N–H and O–H groups in total. The maximum atomic E-state index is 11.8. The summed E-state index contributed by atoms with van der Waals surface area (Å²) in [5.41, 5.74) is 14.0. The molecule has 0 spiro atoms. The summed E-state index contributed by atoms with van der Waals surface area (Å²) in [5, 5.41) is 19.3. The van der Waals surface area contributed by atoms with Gasteiger partial charge in [-0.1, -0.05) is 5.18 Å². The summed E-state index contributed by atoms with van der Waals surface area (Å²) in [6.45, 7) is 0. The molecular weight excluding hydrogens is 350 g/mol. The minimum Gasteiger partial charge on any atom is -0.386 e. The smallest absolute Gasteiger partial charge is 0.267 e. The minimum atomic E-state index is -1.50. The van der Waals surface area contributed by atoms with Crippen molar-refractivity contribution in [3.05, 3.63) is 28.0 Å². The number of fused-ring (bicyclic) bond motifs is 1. The van der Waals surface area contributed by atoms with Gasteiger partial charge in [0.15, 0.2) is 23.7 Å². The number of hydrogen-bond donors (Lipinski definition) is 3. The van der Waals surface area contributed by atoms with Crippen molar-refractivity contribution in [3.63, 3.8) is 0 Å². The number of amides is 1. The fourth-order valence-corrected chi connectivity index (χ4v) is 2.63. The number of azide groups is 1. The number of carbonyl (C=O) groups excluding carboxylic acids is 1. The molecule has 134 valence electrons. The van der Waals surface area contributed by atoms with Crippen LogP contribution in [0.3, 0.4) is 0 Å². The van der Waals surface area contributed by atoms with Crippen LogP contribution >= 0.6 is 0 Å². The number of aromatic nitrogens is 4. The molecule has 1 aliphatic rings. The second-order valence-electron chi connectivity index (χ2n) is 5.13. The number of aliphatic hydroxyl groups excluding tert-OH is 1. The maximum absolute atomic E-state index is 11.8. The highest BCUT2D eigenvalue weighted by atomic mass is 16.5. The second-order valence-corrected chi connectivity index (χ2v) is 5.13. The van der Waals surface area contributed by atoms with Crippen molar-refractivity contribution in [2.45, 2.75) is 24.5 Å². The predicted octanol–water partition coefficient (Wildman–Crippen LogP) is -1.05. The monoisotopic (exact) mass is 361 g/mol. The zero-order chi connectivity index (χ0) is 18.8. The molecule has 1 fully saturated rings. The summed E-state index contributed by atoms with van der Waals surface area (Å²) in [6, 6.07) is -1.45. The van der Waals surface area contributed by atoms with E-state index in [4.69, 9.17) is 21.8 Å². The number of hydrogen-bond acceptors (Lipinski definition) is 11. The lowest BCUT2D eigenvalue weighted by Gasteiger charge is -2.16. The third-order valence-electron chi connectivity index (χ3n) is 3.78. The molecule has 2 aromatic rings. The normalized spacial score (nSPS) is 25.8. The van der Waals surface area contributed by atoms with Gasteiger partial charge in [0, 0.05) is 4.91 Å². The first-order valence-electron chi connectivity index (χ1n) is 6.99. The predicted molar refractivity (Wildman–Crippen MR) is 85.0 cm³/mol. The van der Waals surface area contributed by atoms with E-state index in [1.54, 1.807) is 0 Å². The summed E-state index contributed by atoms with van der Waals surface area (Å²) in [4.78, 5) is 37.1. The van der Waals surface area contributed by atoms with E-state index in [2.05, 4.69) is 35.3 Å². The van der Waals surface area contributed by atoms with Gasteiger partial charge in [0.2, 0.25) is 0 Å². The van der Waals surface area contributed by atoms with Crippen LogP contribution in [0.25, 0.3) is 21.6 Å². The Hall–Kier alpha value is -3.68. The quantitative estimate of drug-likeness (QED) is 0.114. The molecule has 0 radical (unpaired) electrons. The lowest BCUT2D eigenvalue weighted by Crippen LogP contribution is -2.38. The highest BCUT2D eigenvalue weighted by molar-refractivity contribution is 6.41. The van der Waals surface area contributed by atoms with Crippen molar-refractivity contribution in [1.82, 2.24) is 19.5 Å². The number of nitrogens with zero attached hydrogens (tertiary/aromatic N) is 9. The first-order valence-corrected chi connectivity index (χ1v) is 6.99. The molecule has 3 rings (SSSR count). The fourth-order valence-electron chi connectivity index (χ4n) is 2.63. The van der Waals surface area contributed by atoms with Gasteiger partial charge in [-0.2, -0.15) is 10.0 Å². The molecule has 26 heavy (non-hydrogen) atoms. The number of imidazole rings is 1. The Morgan fingerprint density at radius 1 is 1.42 bits per heavy atom. The number of nitrogens with two attached hydrogens (primary N) is 2. The van der Waals surface area contributed by atoms with Crippen LogP contribution in [0.1, 0.15) is 6.23 Å². The highest BCUT2D eigenvalue weighted by Crippen LogP contribution is 2.34. The van der Waals surface area contributed by atoms with Gasteiger partial charge < -0.3 is 21.4 Å². The number of aliphatic hydroxyl groups is 1. The molecule has 15 nitrogen and oxygen atoms in total. The molecule has 1 amide bonds. The summed E-state index contributed by atoms with van der Waals surface area (Å²) in [6.07, 6.45) is -1.70. The second kappa shape index (κ2) is 6.67. The van der Waals surface area contributed by atoms with Crippen molar-refractivity contribution < 1.29 is 14.6 Å². The zero-order valence-corrected chi connectivity index (χ0v) is 12.8. The van der Waals surface area contributed by atoms with Gasteiger partial charge >= 0.3 is 0 Å². The topological polar surface area (TPSA) is 233 Å². The molecule has 0 bridgehead atoms. The van der Waals surface area contributed by atoms with Gasteiger partial charge in [-0.15, -0.1) is 0 Å². The van der Waals surface area contributed by atoms with Crippen LogP contribution in [0.4, 0.5) is 5.82 Å². The van der Waals surface area contributed by atoms with Gasteiger partial charge in [0.05, 0.1) is 6.33 Å². The summed E-state index contributed by atoms with van der Waals surface area (Å²) in [7, 11) is 0. The number of nitrogen functional groups attached to an aromatic ring is 1. The van der Waals surface area contributed by atoms with Crippen molar-refractivity contribution >= 4 is 28.6 Å². The Morgan fingerprint density at radius 2 is 2.19 bits per heavy atom. The SMILES string of the molecule is [N-]=[N+]=NC(=O)C(=NN)[C@H]1O[C@@H](n2cnc3c(N)ncnc32)[C@@H](O)C1N=O. The van der Waals surface area contributed by atoms with Crippen LogP contribution in [0, 0.1) is 4.91 Å². The van der Waals surface area contributed by atoms with Gasteiger partial charge in [-0.05, 0) is 10.6 Å². The van der Waals surface area contributed by atoms with Crippen LogP contribution in [0.2, 0.25) is 0 Å². The standard InChI is InChI=1S/C11H11N11O4/c12-8-5-9(16-1-15-8)22(2-17-5)11-6(23)3(20-25)7(26-11)4(18-13)10(24)19-21-14/h1-3,6-7,11,23H,13H2,(H2,12,15,16)/t3?,6-,7-,11+/m0/s1. The van der Waals surface area contributed by atoms with Crippen LogP contribution in [0.5, 0.6) is 0 Å². The number of nitroso groups, excluding NO2 is 1. The molecular formula is C11H11N11O4. The molecule has 15 heteroatoms. The average Bonchev–Trinajstić information content (AvgIpc) is 3.18. The molecule has 3 heterocycles. The van der Waals surface area contributed by atoms with Gasteiger partial charge in [0.25, 0.3) is 5.91 Å². The summed E-state index contributed by atoms with van der Waals surface area (Å²) >= 11 is 0. The van der Waals surface area contributed by atoms with Gasteiger partial charge in [-0.25, -0.2) is 15.0 Å². The Balaban J connectivity index is 2.02. The Labute approximate surface area is 143 Å². The summed E-state index contributed by atoms with van der Waals surface area (Å²) in [5.74, 6) is 4.08. The number of ether oxygens (including phenoxy) is 1. The lowest BCUT2D eigenvalue weighted by molar-refractivity contribution is -0.112. The fraction of sp³-hybridized carbons (Fsp3) is 0.364. The van der Waals surface area contributed by atoms with Crippen LogP contribution in [-0.2, 0) is 9.53 Å². The molecule has 0 saturated carbocycles. The molecule has 2 aromatic heterocycles. The van der Waals surface area contributed by atoms with E-state index >= 15 is 0 Å². The first kappa shape index (κ1) is 17.2. The number of carbonyl (C=O) groups is 1. The van der Waals surface area contributed by atoms with Gasteiger partial charge in [0.1, 0.15) is 29.8 Å². The molecule has 1 saturated heterocycles. The zero-order valence-electron chi connectivity index (χ0n) is 12.8. The maximum Gasteiger partial charge on any atom is 0.267 e. The van der Waals surface area contributed by atoms with Crippen molar-refractivity contribution in [3.8, 4) is 0 Å². The summed E-state index contributed by atoms with van der Waals surface area (Å²) < 4.78 is 6.85. The highest BCUT2D eigenvalue weighted by Gasteiger charge is 2.50. The lowest BCUT2D eigenvalue weighted by atomic mass is 10.0. The van der Waals surface area contributed by atoms with E-state index < -0.39 is 36.1 Å².